The summed E-state index contributed by atoms with van der Waals surface area (Å²) in [5, 5.41) is 5.97. The van der Waals surface area contributed by atoms with E-state index in [1.165, 1.54) is 0 Å². The second-order valence-electron chi connectivity index (χ2n) is 4.01. The molecule has 1 aromatic heterocycles. The van der Waals surface area contributed by atoms with Crippen molar-refractivity contribution in [3.8, 4) is 0 Å². The van der Waals surface area contributed by atoms with Gasteiger partial charge in [-0.25, -0.2) is 0 Å². The number of ether oxygens (including phenoxy) is 1. The molecule has 2 N–H and O–H groups in total. The van der Waals surface area contributed by atoms with Crippen LogP contribution in [0.15, 0.2) is 18.2 Å². The molecule has 3 rings (SSSR count). The zero-order valence-electron chi connectivity index (χ0n) is 8.69. The van der Waals surface area contributed by atoms with Crippen LogP contribution >= 0.6 is 11.6 Å². The number of hydrogen-bond acceptors (Lipinski definition) is 3. The molecule has 0 spiro atoms. The molecule has 1 atom stereocenters. The molecule has 1 aliphatic heterocycles. The molecule has 1 saturated heterocycles. The lowest BCUT2D eigenvalue weighted by Gasteiger charge is -2.09. The van der Waals surface area contributed by atoms with Gasteiger partial charge in [-0.2, -0.15) is 5.10 Å². The summed E-state index contributed by atoms with van der Waals surface area (Å²) in [5.41, 5.74) is 6.91. The van der Waals surface area contributed by atoms with E-state index in [-0.39, 0.29) is 0 Å². The maximum absolute atomic E-state index is 5.94. The van der Waals surface area contributed by atoms with Crippen LogP contribution in [0.5, 0.6) is 0 Å². The Labute approximate surface area is 97.9 Å². The van der Waals surface area contributed by atoms with Gasteiger partial charge in [0, 0.05) is 17.0 Å². The van der Waals surface area contributed by atoms with E-state index >= 15 is 0 Å². The summed E-state index contributed by atoms with van der Waals surface area (Å²) in [5.74, 6) is 0.532. The first-order valence-electron chi connectivity index (χ1n) is 5.26. The van der Waals surface area contributed by atoms with Crippen molar-refractivity contribution in [2.45, 2.75) is 12.5 Å². The van der Waals surface area contributed by atoms with E-state index in [0.29, 0.717) is 23.5 Å². The van der Waals surface area contributed by atoms with Gasteiger partial charge in [0.1, 0.15) is 0 Å². The lowest BCUT2D eigenvalue weighted by atomic mass is 10.2. The van der Waals surface area contributed by atoms with Gasteiger partial charge >= 0.3 is 0 Å². The van der Waals surface area contributed by atoms with Crippen molar-refractivity contribution in [1.29, 1.82) is 0 Å². The Morgan fingerprint density at radius 1 is 1.50 bits per heavy atom. The van der Waals surface area contributed by atoms with E-state index in [2.05, 4.69) is 5.10 Å². The largest absolute Gasteiger partial charge is 0.382 e. The van der Waals surface area contributed by atoms with Gasteiger partial charge < -0.3 is 10.5 Å². The fourth-order valence-electron chi connectivity index (χ4n) is 2.13. The number of nitrogen functional groups attached to an aromatic ring is 1. The highest BCUT2D eigenvalue weighted by Gasteiger charge is 2.21. The minimum atomic E-state index is 0.293. The Morgan fingerprint density at radius 3 is 3.12 bits per heavy atom. The highest BCUT2D eigenvalue weighted by atomic mass is 35.5. The van der Waals surface area contributed by atoms with Gasteiger partial charge in [-0.15, -0.1) is 0 Å². The Kier molecular flexibility index (Phi) is 2.26. The van der Waals surface area contributed by atoms with Crippen LogP contribution in [0.25, 0.3) is 10.9 Å². The van der Waals surface area contributed by atoms with E-state index in [1.54, 1.807) is 0 Å². The number of fused-ring (bicyclic) bond motifs is 1. The second-order valence-corrected chi connectivity index (χ2v) is 4.45. The summed E-state index contributed by atoms with van der Waals surface area (Å²) in [4.78, 5) is 0. The Bertz CT molecular complexity index is 531. The molecule has 1 aromatic carbocycles. The van der Waals surface area contributed by atoms with Crippen LogP contribution in [0.4, 0.5) is 5.82 Å². The summed E-state index contributed by atoms with van der Waals surface area (Å²) in [6.07, 6.45) is 0.985. The third-order valence-corrected chi connectivity index (χ3v) is 3.18. The van der Waals surface area contributed by atoms with Crippen LogP contribution in [-0.2, 0) is 4.74 Å². The summed E-state index contributed by atoms with van der Waals surface area (Å²) in [7, 11) is 0. The fraction of sp³-hybridized carbons (Fsp3) is 0.364. The highest BCUT2D eigenvalue weighted by molar-refractivity contribution is 6.31. The van der Waals surface area contributed by atoms with Crippen LogP contribution in [0.3, 0.4) is 0 Å². The molecular formula is C11H12ClN3O. The molecule has 0 aliphatic carbocycles. The molecule has 1 unspecified atom stereocenters. The van der Waals surface area contributed by atoms with E-state index in [1.807, 2.05) is 22.9 Å². The Balaban J connectivity index is 2.18. The molecule has 1 fully saturated rings. The number of aromatic nitrogens is 2. The second kappa shape index (κ2) is 3.64. The number of anilines is 1. The Morgan fingerprint density at radius 2 is 2.38 bits per heavy atom. The molecule has 2 aromatic rings. The van der Waals surface area contributed by atoms with Crippen LogP contribution in [-0.4, -0.2) is 23.0 Å². The lowest BCUT2D eigenvalue weighted by molar-refractivity contribution is 0.185. The van der Waals surface area contributed by atoms with Gasteiger partial charge in [0.15, 0.2) is 5.82 Å². The molecule has 0 bridgehead atoms. The minimum absolute atomic E-state index is 0.293. The third-order valence-electron chi connectivity index (χ3n) is 2.95. The lowest BCUT2D eigenvalue weighted by Crippen LogP contribution is -2.10. The predicted octanol–water partition coefficient (Wildman–Crippen LogP) is 2.23. The van der Waals surface area contributed by atoms with Crippen molar-refractivity contribution < 1.29 is 4.74 Å². The highest BCUT2D eigenvalue weighted by Crippen LogP contribution is 2.29. The molecule has 1 aliphatic rings. The van der Waals surface area contributed by atoms with Crippen molar-refractivity contribution >= 4 is 28.3 Å². The molecule has 0 amide bonds. The number of halogens is 1. The zero-order chi connectivity index (χ0) is 11.1. The quantitative estimate of drug-likeness (QED) is 0.828. The molecular weight excluding hydrogens is 226 g/mol. The van der Waals surface area contributed by atoms with Crippen molar-refractivity contribution in [3.05, 3.63) is 23.2 Å². The SMILES string of the molecule is Nc1nn(C2CCOC2)c2ccc(Cl)cc12. The molecule has 16 heavy (non-hydrogen) atoms. The standard InChI is InChI=1S/C11H12ClN3O/c12-7-1-2-10-9(5-7)11(13)14-15(10)8-3-4-16-6-8/h1-2,5,8H,3-4,6H2,(H2,13,14). The van der Waals surface area contributed by atoms with E-state index in [0.717, 1.165) is 23.9 Å². The van der Waals surface area contributed by atoms with Gasteiger partial charge in [0.2, 0.25) is 0 Å². The van der Waals surface area contributed by atoms with Crippen LogP contribution in [0.1, 0.15) is 12.5 Å². The number of nitrogens with two attached hydrogens (primary N) is 1. The van der Waals surface area contributed by atoms with E-state index < -0.39 is 0 Å². The first-order chi connectivity index (χ1) is 7.75. The molecule has 0 saturated carbocycles. The Hall–Kier alpha value is -1.26. The molecule has 84 valence electrons. The smallest absolute Gasteiger partial charge is 0.153 e. The predicted molar refractivity (Wildman–Crippen MR) is 63.6 cm³/mol. The number of rotatable bonds is 1. The number of hydrogen-bond donors (Lipinski definition) is 1. The average Bonchev–Trinajstić information content (AvgIpc) is 2.87. The fourth-order valence-corrected chi connectivity index (χ4v) is 2.30. The monoisotopic (exact) mass is 237 g/mol. The van der Waals surface area contributed by atoms with Crippen molar-refractivity contribution in [1.82, 2.24) is 9.78 Å². The van der Waals surface area contributed by atoms with Crippen LogP contribution < -0.4 is 5.73 Å². The third kappa shape index (κ3) is 1.45. The van der Waals surface area contributed by atoms with E-state index in [4.69, 9.17) is 22.1 Å². The summed E-state index contributed by atoms with van der Waals surface area (Å²) >= 11 is 5.94. The normalized spacial score (nSPS) is 20.7. The van der Waals surface area contributed by atoms with Crippen molar-refractivity contribution in [3.63, 3.8) is 0 Å². The number of nitrogens with zero attached hydrogens (tertiary/aromatic N) is 2. The summed E-state index contributed by atoms with van der Waals surface area (Å²) in [6.45, 7) is 1.50. The maximum Gasteiger partial charge on any atom is 0.153 e. The number of benzene rings is 1. The van der Waals surface area contributed by atoms with Gasteiger partial charge in [0.05, 0.1) is 18.2 Å². The van der Waals surface area contributed by atoms with Crippen LogP contribution in [0, 0.1) is 0 Å². The minimum Gasteiger partial charge on any atom is -0.382 e. The van der Waals surface area contributed by atoms with Crippen molar-refractivity contribution in [2.75, 3.05) is 18.9 Å². The summed E-state index contributed by atoms with van der Waals surface area (Å²) < 4.78 is 7.32. The molecule has 5 heteroatoms. The topological polar surface area (TPSA) is 53.1 Å². The summed E-state index contributed by atoms with van der Waals surface area (Å²) in [6, 6.07) is 5.96. The zero-order valence-corrected chi connectivity index (χ0v) is 9.44. The first-order valence-corrected chi connectivity index (χ1v) is 5.64. The first kappa shape index (κ1) is 9.93. The molecule has 2 heterocycles. The average molecular weight is 238 g/mol. The van der Waals surface area contributed by atoms with Gasteiger partial charge in [0.25, 0.3) is 0 Å². The molecule has 0 radical (unpaired) electrons. The van der Waals surface area contributed by atoms with Gasteiger partial charge in [-0.05, 0) is 24.6 Å². The maximum atomic E-state index is 5.94. The van der Waals surface area contributed by atoms with Crippen LogP contribution in [0.2, 0.25) is 5.02 Å². The van der Waals surface area contributed by atoms with Gasteiger partial charge in [-0.1, -0.05) is 11.6 Å². The van der Waals surface area contributed by atoms with E-state index in [9.17, 15) is 0 Å². The van der Waals surface area contributed by atoms with Gasteiger partial charge in [-0.3, -0.25) is 4.68 Å². The molecule has 4 nitrogen and oxygen atoms in total. The van der Waals surface area contributed by atoms with Crippen molar-refractivity contribution in [2.24, 2.45) is 0 Å².